The topological polar surface area (TPSA) is 79.6 Å². The summed E-state index contributed by atoms with van der Waals surface area (Å²) in [4.78, 5) is 0. The lowest BCUT2D eigenvalue weighted by Gasteiger charge is -2.19. The molecule has 0 aliphatic carbocycles. The Labute approximate surface area is 156 Å². The number of halogens is 1. The molecule has 0 atom stereocenters. The molecule has 25 heavy (non-hydrogen) atoms. The summed E-state index contributed by atoms with van der Waals surface area (Å²) in [6, 6.07) is 14.1. The lowest BCUT2D eigenvalue weighted by atomic mass is 10.2. The molecule has 0 saturated carbocycles. The van der Waals surface area contributed by atoms with Gasteiger partial charge in [-0.3, -0.25) is 0 Å². The summed E-state index contributed by atoms with van der Waals surface area (Å²) < 4.78 is 37.2. The summed E-state index contributed by atoms with van der Waals surface area (Å²) in [7, 11) is -2.62. The van der Waals surface area contributed by atoms with Gasteiger partial charge >= 0.3 is 10.3 Å². The van der Waals surface area contributed by atoms with E-state index in [2.05, 4.69) is 15.9 Å². The second-order valence-corrected chi connectivity index (χ2v) is 7.61. The van der Waals surface area contributed by atoms with Gasteiger partial charge in [-0.2, -0.15) is 18.0 Å². The summed E-state index contributed by atoms with van der Waals surface area (Å²) in [6.07, 6.45) is 0. The molecule has 0 heterocycles. The van der Waals surface area contributed by atoms with Crippen LogP contribution in [-0.4, -0.2) is 26.4 Å². The highest BCUT2D eigenvalue weighted by Crippen LogP contribution is 2.38. The van der Waals surface area contributed by atoms with E-state index < -0.39 is 10.3 Å². The number of nitriles is 1. The lowest BCUT2D eigenvalue weighted by molar-refractivity contribution is 0.320. The van der Waals surface area contributed by atoms with Gasteiger partial charge in [-0.15, -0.1) is 0 Å². The molecule has 0 spiro atoms. The molecule has 0 aliphatic rings. The maximum Gasteiger partial charge on any atom is 0.385 e. The third-order valence-electron chi connectivity index (χ3n) is 3.26. The second kappa shape index (κ2) is 8.34. The molecule has 2 aromatic rings. The third kappa shape index (κ3) is 4.95. The minimum atomic E-state index is -4.05. The monoisotopic (exact) mass is 424 g/mol. The number of hydrogen-bond donors (Lipinski definition) is 0. The van der Waals surface area contributed by atoms with Crippen LogP contribution in [0.5, 0.6) is 11.5 Å². The van der Waals surface area contributed by atoms with Crippen LogP contribution in [0.2, 0.25) is 0 Å². The molecule has 8 heteroatoms. The Morgan fingerprint density at radius 2 is 1.92 bits per heavy atom. The molecule has 0 saturated heterocycles. The molecule has 0 aromatic heterocycles. The van der Waals surface area contributed by atoms with Crippen molar-refractivity contribution in [2.45, 2.75) is 13.5 Å². The predicted octanol–water partition coefficient (Wildman–Crippen LogP) is 3.48. The van der Waals surface area contributed by atoms with Gasteiger partial charge < -0.3 is 8.92 Å². The van der Waals surface area contributed by atoms with E-state index in [1.165, 1.54) is 19.2 Å². The molecule has 2 aromatic carbocycles. The number of hydrogen-bond acceptors (Lipinski definition) is 5. The number of rotatable bonds is 7. The number of ether oxygens (including phenoxy) is 1. The summed E-state index contributed by atoms with van der Waals surface area (Å²) in [5, 5.41) is 9.04. The maximum atomic E-state index is 12.5. The van der Waals surface area contributed by atoms with Gasteiger partial charge in [-0.25, -0.2) is 0 Å². The maximum absolute atomic E-state index is 12.5. The summed E-state index contributed by atoms with van der Waals surface area (Å²) in [6.45, 7) is 2.23. The first kappa shape index (κ1) is 19.2. The molecular formula is C17H17BrN2O4S. The van der Waals surface area contributed by atoms with E-state index in [0.717, 1.165) is 9.87 Å². The van der Waals surface area contributed by atoms with Crippen molar-refractivity contribution < 1.29 is 17.3 Å². The van der Waals surface area contributed by atoms with Crippen LogP contribution in [0.15, 0.2) is 46.9 Å². The summed E-state index contributed by atoms with van der Waals surface area (Å²) in [5.41, 5.74) is 1.17. The Kier molecular flexibility index (Phi) is 6.42. The van der Waals surface area contributed by atoms with Crippen LogP contribution in [0.4, 0.5) is 0 Å². The SMILES string of the molecule is CCOc1cc(C#N)cc(Br)c1OS(=O)(=O)N(C)Cc1ccccc1. The van der Waals surface area contributed by atoms with Gasteiger partial charge in [0.05, 0.1) is 22.7 Å². The Balaban J connectivity index is 2.29. The molecule has 132 valence electrons. The molecule has 0 unspecified atom stereocenters. The molecule has 0 fully saturated rings. The van der Waals surface area contributed by atoms with Gasteiger partial charge in [0.2, 0.25) is 0 Å². The Morgan fingerprint density at radius 3 is 2.52 bits per heavy atom. The van der Waals surface area contributed by atoms with Crippen LogP contribution in [0, 0.1) is 11.3 Å². The van der Waals surface area contributed by atoms with E-state index in [9.17, 15) is 8.42 Å². The van der Waals surface area contributed by atoms with E-state index >= 15 is 0 Å². The Morgan fingerprint density at radius 1 is 1.24 bits per heavy atom. The average Bonchev–Trinajstić information content (AvgIpc) is 2.58. The van der Waals surface area contributed by atoms with Gasteiger partial charge in [0.1, 0.15) is 0 Å². The zero-order chi connectivity index (χ0) is 18.4. The largest absolute Gasteiger partial charge is 0.490 e. The molecule has 0 radical (unpaired) electrons. The molecule has 6 nitrogen and oxygen atoms in total. The molecule has 0 N–H and O–H groups in total. The van der Waals surface area contributed by atoms with Crippen molar-refractivity contribution in [2.75, 3.05) is 13.7 Å². The fourth-order valence-corrected chi connectivity index (χ4v) is 3.51. The first-order valence-electron chi connectivity index (χ1n) is 7.43. The van der Waals surface area contributed by atoms with Crippen LogP contribution >= 0.6 is 15.9 Å². The lowest BCUT2D eigenvalue weighted by Crippen LogP contribution is -2.30. The van der Waals surface area contributed by atoms with Crippen LogP contribution < -0.4 is 8.92 Å². The predicted molar refractivity (Wildman–Crippen MR) is 97.5 cm³/mol. The van der Waals surface area contributed by atoms with Crippen LogP contribution in [0.3, 0.4) is 0 Å². The van der Waals surface area contributed by atoms with E-state index in [1.54, 1.807) is 6.92 Å². The van der Waals surface area contributed by atoms with Gasteiger partial charge in [0, 0.05) is 19.7 Å². The molecule has 2 rings (SSSR count). The van der Waals surface area contributed by atoms with Crippen molar-refractivity contribution in [1.82, 2.24) is 4.31 Å². The highest BCUT2D eigenvalue weighted by atomic mass is 79.9. The van der Waals surface area contributed by atoms with Crippen molar-refractivity contribution in [1.29, 1.82) is 5.26 Å². The molecule has 0 bridgehead atoms. The van der Waals surface area contributed by atoms with Crippen LogP contribution in [0.25, 0.3) is 0 Å². The Bertz CT molecular complexity index is 880. The van der Waals surface area contributed by atoms with Gasteiger partial charge in [-0.1, -0.05) is 30.3 Å². The van der Waals surface area contributed by atoms with E-state index in [1.807, 2.05) is 36.4 Å². The van der Waals surface area contributed by atoms with Gasteiger partial charge in [-0.05, 0) is 34.5 Å². The highest BCUT2D eigenvalue weighted by molar-refractivity contribution is 9.10. The molecule has 0 amide bonds. The van der Waals surface area contributed by atoms with Crippen molar-refractivity contribution in [2.24, 2.45) is 0 Å². The Hall–Kier alpha value is -2.08. The second-order valence-electron chi connectivity index (χ2n) is 5.11. The minimum Gasteiger partial charge on any atom is -0.490 e. The first-order chi connectivity index (χ1) is 11.9. The molecular weight excluding hydrogens is 408 g/mol. The van der Waals surface area contributed by atoms with Crippen molar-refractivity contribution >= 4 is 26.2 Å². The van der Waals surface area contributed by atoms with E-state index in [-0.39, 0.29) is 18.0 Å². The first-order valence-corrected chi connectivity index (χ1v) is 9.59. The third-order valence-corrected chi connectivity index (χ3v) is 5.12. The van der Waals surface area contributed by atoms with E-state index in [0.29, 0.717) is 16.6 Å². The summed E-state index contributed by atoms with van der Waals surface area (Å²) >= 11 is 3.24. The van der Waals surface area contributed by atoms with Crippen molar-refractivity contribution in [3.8, 4) is 17.6 Å². The smallest absolute Gasteiger partial charge is 0.385 e. The molecule has 0 aliphatic heterocycles. The minimum absolute atomic E-state index is 0.0146. The average molecular weight is 425 g/mol. The van der Waals surface area contributed by atoms with Gasteiger partial charge in [0.15, 0.2) is 11.5 Å². The number of nitrogens with zero attached hydrogens (tertiary/aromatic N) is 2. The fourth-order valence-electron chi connectivity index (χ4n) is 2.06. The normalized spacial score (nSPS) is 11.2. The zero-order valence-electron chi connectivity index (χ0n) is 13.8. The fraction of sp³-hybridized carbons (Fsp3) is 0.235. The van der Waals surface area contributed by atoms with Crippen LogP contribution in [0.1, 0.15) is 18.1 Å². The zero-order valence-corrected chi connectivity index (χ0v) is 16.2. The summed E-state index contributed by atoms with van der Waals surface area (Å²) in [5.74, 6) is 0.200. The standard InChI is InChI=1S/C17H17BrN2O4S/c1-3-23-16-10-14(11-19)9-15(18)17(16)24-25(21,22)20(2)12-13-7-5-4-6-8-13/h4-10H,3,12H2,1-2H3. The van der Waals surface area contributed by atoms with Crippen molar-refractivity contribution in [3.05, 3.63) is 58.1 Å². The van der Waals surface area contributed by atoms with Crippen molar-refractivity contribution in [3.63, 3.8) is 0 Å². The number of benzene rings is 2. The van der Waals surface area contributed by atoms with Crippen LogP contribution in [-0.2, 0) is 16.8 Å². The van der Waals surface area contributed by atoms with E-state index in [4.69, 9.17) is 14.2 Å². The van der Waals surface area contributed by atoms with Gasteiger partial charge in [0.25, 0.3) is 0 Å². The quantitative estimate of drug-likeness (QED) is 0.679. The highest BCUT2D eigenvalue weighted by Gasteiger charge is 2.24.